The van der Waals surface area contributed by atoms with Crippen LogP contribution in [0.1, 0.15) is 52.8 Å². The van der Waals surface area contributed by atoms with E-state index in [1.165, 1.54) is 48.9 Å². The number of nitrogens with one attached hydrogen (secondary N) is 2. The van der Waals surface area contributed by atoms with Gasteiger partial charge >= 0.3 is 5.97 Å². The highest BCUT2D eigenvalue weighted by atomic mass is 19.1. The zero-order chi connectivity index (χ0) is 25.7. The molecule has 4 rings (SSSR count). The fourth-order valence-corrected chi connectivity index (χ4v) is 4.47. The van der Waals surface area contributed by atoms with E-state index in [9.17, 15) is 29.2 Å². The Morgan fingerprint density at radius 2 is 1.64 bits per heavy atom. The fraction of sp³-hybridized carbons (Fsp3) is 0.259. The van der Waals surface area contributed by atoms with Gasteiger partial charge in [0.25, 0.3) is 11.6 Å². The van der Waals surface area contributed by atoms with Crippen LogP contribution < -0.4 is 10.6 Å². The van der Waals surface area contributed by atoms with Crippen LogP contribution in [0.15, 0.2) is 60.7 Å². The topological polar surface area (TPSA) is 122 Å². The monoisotopic (exact) mass is 491 g/mol. The summed E-state index contributed by atoms with van der Waals surface area (Å²) >= 11 is 0. The highest BCUT2D eigenvalue weighted by molar-refractivity contribution is 6.08. The third-order valence-electron chi connectivity index (χ3n) is 6.44. The van der Waals surface area contributed by atoms with Crippen molar-refractivity contribution in [1.29, 1.82) is 0 Å². The molecular formula is C27H26FN3O5. The van der Waals surface area contributed by atoms with Gasteiger partial charge in [-0.3, -0.25) is 14.9 Å². The number of carbonyl (C=O) groups is 2. The van der Waals surface area contributed by atoms with E-state index in [1.807, 2.05) is 0 Å². The highest BCUT2D eigenvalue weighted by Gasteiger charge is 2.21. The molecule has 3 aromatic rings. The van der Waals surface area contributed by atoms with Crippen molar-refractivity contribution in [3.63, 3.8) is 0 Å². The summed E-state index contributed by atoms with van der Waals surface area (Å²) in [6.45, 7) is 0.629. The Morgan fingerprint density at radius 3 is 2.31 bits per heavy atom. The largest absolute Gasteiger partial charge is 0.478 e. The van der Waals surface area contributed by atoms with Gasteiger partial charge in [0.15, 0.2) is 0 Å². The molecule has 0 aromatic heterocycles. The minimum atomic E-state index is -1.25. The number of anilines is 2. The number of carboxylic acid groups (broad SMARTS) is 1. The predicted molar refractivity (Wildman–Crippen MR) is 135 cm³/mol. The summed E-state index contributed by atoms with van der Waals surface area (Å²) in [4.78, 5) is 35.9. The summed E-state index contributed by atoms with van der Waals surface area (Å²) < 4.78 is 13.3. The van der Waals surface area contributed by atoms with E-state index in [2.05, 4.69) is 10.6 Å². The summed E-state index contributed by atoms with van der Waals surface area (Å²) in [5.74, 6) is -1.88. The van der Waals surface area contributed by atoms with E-state index in [-0.39, 0.29) is 22.5 Å². The maximum Gasteiger partial charge on any atom is 0.337 e. The quantitative estimate of drug-likeness (QED) is 0.250. The van der Waals surface area contributed by atoms with Crippen molar-refractivity contribution >= 4 is 28.9 Å². The maximum absolute atomic E-state index is 13.3. The minimum absolute atomic E-state index is 0.0217. The number of amides is 1. The normalized spacial score (nSPS) is 13.7. The Balaban J connectivity index is 1.57. The van der Waals surface area contributed by atoms with Crippen LogP contribution in [-0.2, 0) is 0 Å². The van der Waals surface area contributed by atoms with Crippen LogP contribution in [0.5, 0.6) is 0 Å². The number of hydrogen-bond acceptors (Lipinski definition) is 5. The zero-order valence-corrected chi connectivity index (χ0v) is 19.5. The molecule has 36 heavy (non-hydrogen) atoms. The van der Waals surface area contributed by atoms with Gasteiger partial charge in [-0.25, -0.2) is 9.18 Å². The van der Waals surface area contributed by atoms with Crippen molar-refractivity contribution in [2.75, 3.05) is 17.2 Å². The van der Waals surface area contributed by atoms with E-state index in [0.717, 1.165) is 25.7 Å². The van der Waals surface area contributed by atoms with Gasteiger partial charge in [0.05, 0.1) is 16.2 Å². The second-order valence-electron chi connectivity index (χ2n) is 8.90. The van der Waals surface area contributed by atoms with Crippen LogP contribution in [0.2, 0.25) is 0 Å². The number of carboxylic acids is 1. The van der Waals surface area contributed by atoms with Crippen LogP contribution in [-0.4, -0.2) is 28.5 Å². The number of carbonyl (C=O) groups excluding carboxylic acids is 1. The van der Waals surface area contributed by atoms with Gasteiger partial charge in [-0.15, -0.1) is 0 Å². The fourth-order valence-electron chi connectivity index (χ4n) is 4.47. The summed E-state index contributed by atoms with van der Waals surface area (Å²) in [6.07, 6.45) is 5.72. The van der Waals surface area contributed by atoms with E-state index in [1.54, 1.807) is 18.2 Å². The number of nitrogens with zero attached hydrogens (tertiary/aromatic N) is 1. The molecule has 3 aromatic carbocycles. The van der Waals surface area contributed by atoms with Crippen molar-refractivity contribution in [2.45, 2.75) is 32.1 Å². The molecule has 9 heteroatoms. The third kappa shape index (κ3) is 5.86. The first kappa shape index (κ1) is 24.8. The molecule has 0 heterocycles. The number of rotatable bonds is 8. The Kier molecular flexibility index (Phi) is 7.58. The van der Waals surface area contributed by atoms with Crippen molar-refractivity contribution in [3.8, 4) is 11.1 Å². The van der Waals surface area contributed by atoms with Crippen molar-refractivity contribution in [1.82, 2.24) is 0 Å². The number of halogens is 1. The van der Waals surface area contributed by atoms with Gasteiger partial charge in [0.1, 0.15) is 11.5 Å². The molecule has 1 aliphatic rings. The van der Waals surface area contributed by atoms with Crippen LogP contribution in [0.4, 0.5) is 21.5 Å². The molecular weight excluding hydrogens is 465 g/mol. The average Bonchev–Trinajstić information content (AvgIpc) is 2.88. The zero-order valence-electron chi connectivity index (χ0n) is 19.5. The average molecular weight is 492 g/mol. The molecule has 8 nitrogen and oxygen atoms in total. The van der Waals surface area contributed by atoms with Crippen LogP contribution in [0.3, 0.4) is 0 Å². The second kappa shape index (κ2) is 11.0. The number of nitro groups is 1. The lowest BCUT2D eigenvalue weighted by Gasteiger charge is -2.22. The molecule has 0 saturated heterocycles. The van der Waals surface area contributed by atoms with E-state index in [4.69, 9.17) is 0 Å². The molecule has 0 aliphatic heterocycles. The van der Waals surface area contributed by atoms with E-state index < -0.39 is 22.6 Å². The third-order valence-corrected chi connectivity index (χ3v) is 6.44. The lowest BCUT2D eigenvalue weighted by molar-refractivity contribution is -0.384. The van der Waals surface area contributed by atoms with Crippen LogP contribution in [0.25, 0.3) is 11.1 Å². The lowest BCUT2D eigenvalue weighted by atomic mass is 9.89. The molecule has 0 bridgehead atoms. The molecule has 1 fully saturated rings. The van der Waals surface area contributed by atoms with E-state index in [0.29, 0.717) is 29.3 Å². The molecule has 1 amide bonds. The maximum atomic E-state index is 13.3. The first-order chi connectivity index (χ1) is 17.3. The molecule has 1 saturated carbocycles. The van der Waals surface area contributed by atoms with Gasteiger partial charge in [0, 0.05) is 18.2 Å². The molecule has 1 aliphatic carbocycles. The van der Waals surface area contributed by atoms with Gasteiger partial charge in [-0.1, -0.05) is 37.5 Å². The van der Waals surface area contributed by atoms with Crippen molar-refractivity contribution in [3.05, 3.63) is 87.7 Å². The van der Waals surface area contributed by atoms with Crippen molar-refractivity contribution in [2.24, 2.45) is 5.92 Å². The summed E-state index contributed by atoms with van der Waals surface area (Å²) in [7, 11) is 0. The second-order valence-corrected chi connectivity index (χ2v) is 8.90. The summed E-state index contributed by atoms with van der Waals surface area (Å²) in [5, 5.41) is 27.0. The number of benzene rings is 3. The van der Waals surface area contributed by atoms with Crippen molar-refractivity contribution < 1.29 is 24.0 Å². The van der Waals surface area contributed by atoms with E-state index >= 15 is 0 Å². The Hall–Kier alpha value is -4.27. The molecule has 0 unspecified atom stereocenters. The molecule has 0 spiro atoms. The summed E-state index contributed by atoms with van der Waals surface area (Å²) in [5.41, 5.74) is 1.22. The Bertz CT molecular complexity index is 1290. The first-order valence-electron chi connectivity index (χ1n) is 11.8. The van der Waals surface area contributed by atoms with Crippen LogP contribution >= 0.6 is 0 Å². The number of aromatic carboxylic acids is 1. The lowest BCUT2D eigenvalue weighted by Crippen LogP contribution is -2.18. The number of nitro benzene ring substituents is 1. The molecule has 3 N–H and O–H groups in total. The standard InChI is InChI=1S/C27H26FN3O5/c28-21-10-6-18(7-11-21)19-8-12-22(27(33)34)24(14-19)30-26(32)20-9-13-23(25(15-20)31(35)36)29-16-17-4-2-1-3-5-17/h6-15,17,29H,1-5,16H2,(H,30,32)(H,33,34). The molecule has 186 valence electrons. The van der Waals surface area contributed by atoms with Gasteiger partial charge in [-0.2, -0.15) is 0 Å². The Labute approximate surface area is 207 Å². The van der Waals surface area contributed by atoms with Gasteiger partial charge in [-0.05, 0) is 66.3 Å². The minimum Gasteiger partial charge on any atom is -0.478 e. The smallest absolute Gasteiger partial charge is 0.337 e. The first-order valence-corrected chi connectivity index (χ1v) is 11.8. The SMILES string of the molecule is O=C(Nc1cc(-c2ccc(F)cc2)ccc1C(=O)O)c1ccc(NCC2CCCCC2)c([N+](=O)[O-])c1. The van der Waals surface area contributed by atoms with Crippen LogP contribution in [0, 0.1) is 21.8 Å². The summed E-state index contributed by atoms with van der Waals surface area (Å²) in [6, 6.07) is 14.2. The highest BCUT2D eigenvalue weighted by Crippen LogP contribution is 2.30. The van der Waals surface area contributed by atoms with Gasteiger partial charge < -0.3 is 15.7 Å². The molecule has 0 atom stereocenters. The molecule has 0 radical (unpaired) electrons. The Morgan fingerprint density at radius 1 is 0.944 bits per heavy atom. The predicted octanol–water partition coefficient (Wildman–Crippen LogP) is 6.34. The van der Waals surface area contributed by atoms with Gasteiger partial charge in [0.2, 0.25) is 0 Å². The number of hydrogen-bond donors (Lipinski definition) is 3.